The van der Waals surface area contributed by atoms with Crippen molar-refractivity contribution in [1.29, 1.82) is 0 Å². The maximum atomic E-state index is 12.8. The number of likely N-dealkylation sites (tertiary alicyclic amines) is 1. The van der Waals surface area contributed by atoms with Crippen LogP contribution in [-0.2, 0) is 0 Å². The highest BCUT2D eigenvalue weighted by Gasteiger charge is 2.30. The first-order chi connectivity index (χ1) is 14.6. The van der Waals surface area contributed by atoms with E-state index in [-0.39, 0.29) is 11.8 Å². The number of carbonyl (C=O) groups excluding carboxylic acids is 1. The summed E-state index contributed by atoms with van der Waals surface area (Å²) in [5.41, 5.74) is 2.72. The molecule has 8 heteroatoms. The van der Waals surface area contributed by atoms with Crippen LogP contribution >= 0.6 is 11.3 Å². The van der Waals surface area contributed by atoms with Gasteiger partial charge in [-0.25, -0.2) is 9.97 Å². The van der Waals surface area contributed by atoms with Gasteiger partial charge in [-0.2, -0.15) is 0 Å². The number of carbonyl (C=O) groups is 1. The Hall–Kier alpha value is -2.74. The lowest BCUT2D eigenvalue weighted by Gasteiger charge is -2.32. The van der Waals surface area contributed by atoms with Crippen LogP contribution in [0.1, 0.15) is 57.5 Å². The third kappa shape index (κ3) is 3.96. The van der Waals surface area contributed by atoms with E-state index < -0.39 is 0 Å². The molecule has 156 valence electrons. The average Bonchev–Trinajstić information content (AvgIpc) is 3.29. The van der Waals surface area contributed by atoms with Crippen LogP contribution in [0.15, 0.2) is 28.9 Å². The molecule has 7 nitrogen and oxygen atoms in total. The fourth-order valence-corrected chi connectivity index (χ4v) is 4.76. The van der Waals surface area contributed by atoms with Crippen molar-refractivity contribution in [3.63, 3.8) is 0 Å². The Labute approximate surface area is 179 Å². The van der Waals surface area contributed by atoms with Gasteiger partial charge in [-0.3, -0.25) is 4.79 Å². The molecule has 1 aliphatic carbocycles. The van der Waals surface area contributed by atoms with Crippen molar-refractivity contribution in [2.45, 2.75) is 51.5 Å². The van der Waals surface area contributed by atoms with E-state index in [4.69, 9.17) is 9.51 Å². The van der Waals surface area contributed by atoms with Gasteiger partial charge in [0, 0.05) is 42.2 Å². The summed E-state index contributed by atoms with van der Waals surface area (Å²) in [5, 5.41) is 7.43. The van der Waals surface area contributed by atoms with Crippen molar-refractivity contribution >= 4 is 23.2 Å². The highest BCUT2D eigenvalue weighted by molar-refractivity contribution is 7.13. The van der Waals surface area contributed by atoms with Crippen LogP contribution < -0.4 is 5.32 Å². The van der Waals surface area contributed by atoms with Gasteiger partial charge in [-0.15, -0.1) is 11.3 Å². The van der Waals surface area contributed by atoms with Crippen LogP contribution in [0, 0.1) is 13.8 Å². The van der Waals surface area contributed by atoms with Crippen molar-refractivity contribution < 1.29 is 9.32 Å². The normalized spacial score (nSPS) is 17.3. The maximum absolute atomic E-state index is 12.8. The van der Waals surface area contributed by atoms with Crippen molar-refractivity contribution in [3.8, 4) is 11.3 Å². The quantitative estimate of drug-likeness (QED) is 0.655. The van der Waals surface area contributed by atoms with Crippen molar-refractivity contribution in [2.24, 2.45) is 0 Å². The topological polar surface area (TPSA) is 84.2 Å². The molecule has 1 saturated heterocycles. The molecule has 1 aliphatic heterocycles. The molecule has 3 aromatic heterocycles. The van der Waals surface area contributed by atoms with Gasteiger partial charge in [0.05, 0.1) is 21.8 Å². The number of rotatable bonds is 5. The van der Waals surface area contributed by atoms with Gasteiger partial charge in [-0.1, -0.05) is 5.16 Å². The molecule has 1 amide bonds. The van der Waals surface area contributed by atoms with E-state index in [0.717, 1.165) is 52.6 Å². The Kier molecular flexibility index (Phi) is 5.02. The molecule has 0 spiro atoms. The molecule has 0 radical (unpaired) electrons. The molecule has 1 N–H and O–H groups in total. The fraction of sp³-hybridized carbons (Fsp3) is 0.455. The number of amides is 1. The van der Waals surface area contributed by atoms with Gasteiger partial charge in [0.1, 0.15) is 0 Å². The SMILES string of the molecule is Cc1cc(-c2cnc(NC3CC3)nc2C2CCN(C(=O)c3ccc(C)s3)CC2)on1. The molecule has 0 aromatic carbocycles. The lowest BCUT2D eigenvalue weighted by molar-refractivity contribution is 0.0717. The Balaban J connectivity index is 1.37. The van der Waals surface area contributed by atoms with Gasteiger partial charge in [0.2, 0.25) is 5.95 Å². The minimum absolute atomic E-state index is 0.136. The highest BCUT2D eigenvalue weighted by Crippen LogP contribution is 2.36. The number of anilines is 1. The van der Waals surface area contributed by atoms with E-state index in [0.29, 0.717) is 17.8 Å². The zero-order valence-electron chi connectivity index (χ0n) is 17.2. The number of piperidine rings is 1. The monoisotopic (exact) mass is 423 g/mol. The lowest BCUT2D eigenvalue weighted by Crippen LogP contribution is -2.37. The number of nitrogens with zero attached hydrogens (tertiary/aromatic N) is 4. The van der Waals surface area contributed by atoms with Crippen LogP contribution in [0.4, 0.5) is 5.95 Å². The summed E-state index contributed by atoms with van der Waals surface area (Å²) < 4.78 is 5.52. The average molecular weight is 424 g/mol. The first-order valence-electron chi connectivity index (χ1n) is 10.5. The molecule has 2 aliphatic rings. The Morgan fingerprint density at radius 3 is 2.63 bits per heavy atom. The van der Waals surface area contributed by atoms with Gasteiger partial charge < -0.3 is 14.7 Å². The third-order valence-corrected chi connectivity index (χ3v) is 6.73. The molecule has 30 heavy (non-hydrogen) atoms. The van der Waals surface area contributed by atoms with Crippen LogP contribution in [0.2, 0.25) is 0 Å². The summed E-state index contributed by atoms with van der Waals surface area (Å²) in [6.07, 6.45) is 5.93. The lowest BCUT2D eigenvalue weighted by atomic mass is 9.90. The van der Waals surface area contributed by atoms with Crippen molar-refractivity contribution in [2.75, 3.05) is 18.4 Å². The zero-order valence-corrected chi connectivity index (χ0v) is 18.0. The summed E-state index contributed by atoms with van der Waals surface area (Å²) in [7, 11) is 0. The second-order valence-corrected chi connectivity index (χ2v) is 9.51. The molecule has 0 atom stereocenters. The summed E-state index contributed by atoms with van der Waals surface area (Å²) >= 11 is 1.56. The van der Waals surface area contributed by atoms with Crippen LogP contribution in [0.3, 0.4) is 0 Å². The molecule has 1 saturated carbocycles. The smallest absolute Gasteiger partial charge is 0.263 e. The summed E-state index contributed by atoms with van der Waals surface area (Å²) in [5.74, 6) is 1.77. The van der Waals surface area contributed by atoms with E-state index in [1.54, 1.807) is 11.3 Å². The molecule has 4 heterocycles. The standard InChI is InChI=1S/C22H25N5O2S/c1-13-11-18(29-26-13)17-12-23-22(24-16-4-5-16)25-20(17)15-7-9-27(10-8-15)21(28)19-6-3-14(2)30-19/h3,6,11-12,15-16H,4-5,7-10H2,1-2H3,(H,23,24,25). The van der Waals surface area contributed by atoms with Crippen LogP contribution in [0.5, 0.6) is 0 Å². The van der Waals surface area contributed by atoms with E-state index in [9.17, 15) is 4.79 Å². The van der Waals surface area contributed by atoms with E-state index in [1.807, 2.05) is 43.1 Å². The Morgan fingerprint density at radius 2 is 2.00 bits per heavy atom. The van der Waals surface area contributed by atoms with E-state index in [2.05, 4.69) is 15.5 Å². The fourth-order valence-electron chi connectivity index (χ4n) is 3.93. The van der Waals surface area contributed by atoms with Crippen LogP contribution in [-0.4, -0.2) is 45.1 Å². The number of thiophene rings is 1. The molecule has 0 unspecified atom stereocenters. The summed E-state index contributed by atoms with van der Waals surface area (Å²) in [6, 6.07) is 6.35. The number of aromatic nitrogens is 3. The zero-order chi connectivity index (χ0) is 20.7. The molecular formula is C22H25N5O2S. The van der Waals surface area contributed by atoms with Gasteiger partial charge in [0.15, 0.2) is 5.76 Å². The number of nitrogens with one attached hydrogen (secondary N) is 1. The second-order valence-electron chi connectivity index (χ2n) is 8.22. The van der Waals surface area contributed by atoms with Crippen molar-refractivity contribution in [3.05, 3.63) is 45.5 Å². The largest absolute Gasteiger partial charge is 0.356 e. The summed E-state index contributed by atoms with van der Waals surface area (Å²) in [6.45, 7) is 5.39. The van der Waals surface area contributed by atoms with Gasteiger partial charge in [0.25, 0.3) is 5.91 Å². The predicted molar refractivity (Wildman–Crippen MR) is 116 cm³/mol. The first kappa shape index (κ1) is 19.2. The highest BCUT2D eigenvalue weighted by atomic mass is 32.1. The summed E-state index contributed by atoms with van der Waals surface area (Å²) in [4.78, 5) is 26.1. The molecular weight excluding hydrogens is 398 g/mol. The van der Waals surface area contributed by atoms with Crippen molar-refractivity contribution in [1.82, 2.24) is 20.0 Å². The number of hydrogen-bond acceptors (Lipinski definition) is 7. The Morgan fingerprint density at radius 1 is 1.20 bits per heavy atom. The minimum Gasteiger partial charge on any atom is -0.356 e. The molecule has 2 fully saturated rings. The van der Waals surface area contributed by atoms with Gasteiger partial charge in [-0.05, 0) is 51.7 Å². The first-order valence-corrected chi connectivity index (χ1v) is 11.3. The molecule has 0 bridgehead atoms. The van der Waals surface area contributed by atoms with E-state index >= 15 is 0 Å². The minimum atomic E-state index is 0.136. The molecule has 3 aromatic rings. The second kappa shape index (κ2) is 7.83. The molecule has 5 rings (SSSR count). The van der Waals surface area contributed by atoms with E-state index in [1.165, 1.54) is 12.8 Å². The maximum Gasteiger partial charge on any atom is 0.263 e. The Bertz CT molecular complexity index is 1060. The third-order valence-electron chi connectivity index (χ3n) is 5.74. The van der Waals surface area contributed by atoms with Crippen LogP contribution in [0.25, 0.3) is 11.3 Å². The van der Waals surface area contributed by atoms with Gasteiger partial charge >= 0.3 is 0 Å². The number of aryl methyl sites for hydroxylation is 2. The predicted octanol–water partition coefficient (Wildman–Crippen LogP) is 4.40. The number of hydrogen-bond donors (Lipinski definition) is 1.